The van der Waals surface area contributed by atoms with Gasteiger partial charge in [-0.1, -0.05) is 36.4 Å². The average molecular weight is 431 g/mol. The van der Waals surface area contributed by atoms with Crippen LogP contribution in [0.2, 0.25) is 0 Å². The third-order valence-electron chi connectivity index (χ3n) is 5.20. The third kappa shape index (κ3) is 6.42. The Balaban J connectivity index is 1.77. The van der Waals surface area contributed by atoms with Crippen molar-refractivity contribution in [3.63, 3.8) is 0 Å². The van der Waals surface area contributed by atoms with Crippen molar-refractivity contribution in [2.45, 2.75) is 63.6 Å². The van der Waals surface area contributed by atoms with Crippen molar-refractivity contribution < 1.29 is 23.8 Å². The van der Waals surface area contributed by atoms with Crippen LogP contribution in [-0.4, -0.2) is 53.0 Å². The molecule has 4 atom stereocenters. The number of likely N-dealkylation sites (N-methyl/N-ethyl adjacent to an activating group) is 1. The highest BCUT2D eigenvalue weighted by atomic mass is 19.1. The first-order chi connectivity index (χ1) is 14.6. The van der Waals surface area contributed by atoms with E-state index >= 15 is 0 Å². The summed E-state index contributed by atoms with van der Waals surface area (Å²) in [5.41, 5.74) is 0.451. The number of hydrogen-bond donors (Lipinski definition) is 2. The van der Waals surface area contributed by atoms with E-state index in [-0.39, 0.29) is 0 Å². The van der Waals surface area contributed by atoms with Gasteiger partial charge in [0.1, 0.15) is 29.4 Å². The number of carbonyl (C=O) groups excluding carboxylic acids is 1. The smallest absolute Gasteiger partial charge is 0.407 e. The van der Waals surface area contributed by atoms with Crippen LogP contribution in [0.3, 0.4) is 0 Å². The maximum Gasteiger partial charge on any atom is 0.407 e. The van der Waals surface area contributed by atoms with Crippen molar-refractivity contribution in [1.29, 1.82) is 0 Å². The van der Waals surface area contributed by atoms with Crippen molar-refractivity contribution in [2.75, 3.05) is 7.05 Å². The molecule has 2 aromatic carbocycles. The van der Waals surface area contributed by atoms with Gasteiger partial charge in [0.15, 0.2) is 0 Å². The molecular formula is C24H31FN2O4. The second kappa shape index (κ2) is 9.66. The second-order valence-electron chi connectivity index (χ2n) is 8.98. The number of nitrogens with one attached hydrogen (secondary N) is 1. The van der Waals surface area contributed by atoms with Gasteiger partial charge in [0.25, 0.3) is 0 Å². The maximum absolute atomic E-state index is 13.6. The van der Waals surface area contributed by atoms with E-state index in [2.05, 4.69) is 5.32 Å². The van der Waals surface area contributed by atoms with E-state index in [4.69, 9.17) is 9.47 Å². The average Bonchev–Trinajstić information content (AvgIpc) is 2.96. The number of aliphatic hydroxyl groups excluding tert-OH is 1. The molecule has 6 nitrogen and oxygen atoms in total. The molecule has 0 spiro atoms. The molecule has 31 heavy (non-hydrogen) atoms. The van der Waals surface area contributed by atoms with Gasteiger partial charge >= 0.3 is 6.09 Å². The summed E-state index contributed by atoms with van der Waals surface area (Å²) >= 11 is 0. The highest BCUT2D eigenvalue weighted by Gasteiger charge is 2.47. The summed E-state index contributed by atoms with van der Waals surface area (Å²) in [5, 5.41) is 14.0. The van der Waals surface area contributed by atoms with E-state index in [9.17, 15) is 14.3 Å². The van der Waals surface area contributed by atoms with Gasteiger partial charge in [-0.3, -0.25) is 4.90 Å². The number of carbonyl (C=O) groups is 1. The van der Waals surface area contributed by atoms with Crippen LogP contribution in [-0.2, 0) is 11.3 Å². The predicted octanol–water partition coefficient (Wildman–Crippen LogP) is 3.73. The normalized spacial score (nSPS) is 23.6. The van der Waals surface area contributed by atoms with Crippen LogP contribution in [0.1, 0.15) is 32.8 Å². The van der Waals surface area contributed by atoms with Crippen LogP contribution < -0.4 is 10.1 Å². The molecular weight excluding hydrogens is 399 g/mol. The molecule has 0 bridgehead atoms. The molecule has 0 radical (unpaired) electrons. The fourth-order valence-electron chi connectivity index (χ4n) is 3.97. The standard InChI is InChI=1S/C24H31FN2O4/c1-24(2,3)31-23(29)26-19-14-20(30-18-12-8-11-17(25)13-18)22(28)21(19)27(4)15-16-9-6-5-7-10-16/h5-13,19-22,28H,14-15H2,1-4H3,(H,26,29)/t19-,20-,21+,22+/m1/s1. The largest absolute Gasteiger partial charge is 0.487 e. The molecule has 1 aliphatic carbocycles. The van der Waals surface area contributed by atoms with E-state index in [1.807, 2.05) is 42.3 Å². The van der Waals surface area contributed by atoms with Crippen LogP contribution in [0.5, 0.6) is 5.75 Å². The number of rotatable bonds is 6. The molecule has 0 aliphatic heterocycles. The van der Waals surface area contributed by atoms with Crippen LogP contribution in [0.25, 0.3) is 0 Å². The van der Waals surface area contributed by atoms with Crippen molar-refractivity contribution >= 4 is 6.09 Å². The lowest BCUT2D eigenvalue weighted by atomic mass is 10.1. The minimum Gasteiger partial charge on any atom is -0.487 e. The van der Waals surface area contributed by atoms with Crippen molar-refractivity contribution in [3.8, 4) is 5.75 Å². The van der Waals surface area contributed by atoms with Gasteiger partial charge in [-0.15, -0.1) is 0 Å². The number of alkyl carbamates (subject to hydrolysis) is 1. The van der Waals surface area contributed by atoms with Crippen molar-refractivity contribution in [3.05, 3.63) is 66.0 Å². The second-order valence-corrected chi connectivity index (χ2v) is 8.98. The SMILES string of the molecule is CN(Cc1ccccc1)[C@@H]1[C@@H](O)[C@H](Oc2cccc(F)c2)C[C@H]1NC(=O)OC(C)(C)C. The Kier molecular flexibility index (Phi) is 7.18. The molecule has 2 N–H and O–H groups in total. The number of aliphatic hydroxyl groups is 1. The number of benzene rings is 2. The van der Waals surface area contributed by atoms with Gasteiger partial charge in [0.05, 0.1) is 12.1 Å². The molecule has 1 fully saturated rings. The Bertz CT molecular complexity index is 871. The molecule has 1 saturated carbocycles. The van der Waals surface area contributed by atoms with Crippen molar-refractivity contribution in [1.82, 2.24) is 10.2 Å². The first kappa shape index (κ1) is 23.0. The number of hydrogen-bond acceptors (Lipinski definition) is 5. The molecule has 0 saturated heterocycles. The number of nitrogens with zero attached hydrogens (tertiary/aromatic N) is 1. The highest BCUT2D eigenvalue weighted by molar-refractivity contribution is 5.68. The van der Waals surface area contributed by atoms with E-state index in [1.54, 1.807) is 32.9 Å². The zero-order chi connectivity index (χ0) is 22.6. The molecule has 0 unspecified atom stereocenters. The van der Waals surface area contributed by atoms with E-state index in [0.717, 1.165) is 5.56 Å². The van der Waals surface area contributed by atoms with E-state index in [1.165, 1.54) is 12.1 Å². The summed E-state index contributed by atoms with van der Waals surface area (Å²) in [4.78, 5) is 14.4. The number of halogens is 1. The Morgan fingerprint density at radius 1 is 1.19 bits per heavy atom. The lowest BCUT2D eigenvalue weighted by Crippen LogP contribution is -2.52. The molecule has 168 valence electrons. The molecule has 0 aromatic heterocycles. The Hall–Kier alpha value is -2.64. The van der Waals surface area contributed by atoms with Gasteiger partial charge in [0, 0.05) is 19.0 Å². The molecule has 3 rings (SSSR count). The molecule has 1 aliphatic rings. The lowest BCUT2D eigenvalue weighted by molar-refractivity contribution is 0.0107. The van der Waals surface area contributed by atoms with E-state index in [0.29, 0.717) is 18.7 Å². The van der Waals surface area contributed by atoms with Gasteiger partial charge in [-0.05, 0) is 45.5 Å². The summed E-state index contributed by atoms with van der Waals surface area (Å²) in [5.74, 6) is -0.0717. The quantitative estimate of drug-likeness (QED) is 0.731. The fourth-order valence-corrected chi connectivity index (χ4v) is 3.97. The first-order valence-corrected chi connectivity index (χ1v) is 10.5. The van der Waals surface area contributed by atoms with E-state index < -0.39 is 41.8 Å². The summed E-state index contributed by atoms with van der Waals surface area (Å²) < 4.78 is 24.9. The Labute approximate surface area is 183 Å². The minimum absolute atomic E-state index is 0.339. The van der Waals surface area contributed by atoms with Gasteiger partial charge in [-0.25, -0.2) is 9.18 Å². The third-order valence-corrected chi connectivity index (χ3v) is 5.20. The molecule has 1 amide bonds. The Morgan fingerprint density at radius 3 is 2.55 bits per heavy atom. The van der Waals surface area contributed by atoms with Crippen LogP contribution in [0.4, 0.5) is 9.18 Å². The first-order valence-electron chi connectivity index (χ1n) is 10.5. The minimum atomic E-state index is -0.892. The molecule has 2 aromatic rings. The van der Waals surface area contributed by atoms with Crippen LogP contribution in [0.15, 0.2) is 54.6 Å². The zero-order valence-electron chi connectivity index (χ0n) is 18.4. The van der Waals surface area contributed by atoms with Gasteiger partial charge in [-0.2, -0.15) is 0 Å². The highest BCUT2D eigenvalue weighted by Crippen LogP contribution is 2.30. The zero-order valence-corrected chi connectivity index (χ0v) is 18.4. The number of amides is 1. The Morgan fingerprint density at radius 2 is 1.90 bits per heavy atom. The predicted molar refractivity (Wildman–Crippen MR) is 116 cm³/mol. The molecule has 7 heteroatoms. The number of ether oxygens (including phenoxy) is 2. The summed E-state index contributed by atoms with van der Waals surface area (Å²) in [6.07, 6.45) is -1.68. The maximum atomic E-state index is 13.6. The monoisotopic (exact) mass is 430 g/mol. The summed E-state index contributed by atoms with van der Waals surface area (Å²) in [6.45, 7) is 5.97. The van der Waals surface area contributed by atoms with Crippen molar-refractivity contribution in [2.24, 2.45) is 0 Å². The van der Waals surface area contributed by atoms with Crippen LogP contribution in [0, 0.1) is 5.82 Å². The fraction of sp³-hybridized carbons (Fsp3) is 0.458. The topological polar surface area (TPSA) is 71.0 Å². The van der Waals surface area contributed by atoms with Crippen LogP contribution >= 0.6 is 0 Å². The van der Waals surface area contributed by atoms with Gasteiger partial charge in [0.2, 0.25) is 0 Å². The lowest BCUT2D eigenvalue weighted by Gasteiger charge is -2.32. The molecule has 0 heterocycles. The summed E-state index contributed by atoms with van der Waals surface area (Å²) in [6, 6.07) is 14.9. The van der Waals surface area contributed by atoms with Gasteiger partial charge < -0.3 is 19.9 Å². The summed E-state index contributed by atoms with van der Waals surface area (Å²) in [7, 11) is 1.90.